The Balaban J connectivity index is 1.85. The number of thioether (sulfide) groups is 1. The molecule has 1 N–H and O–H groups in total. The summed E-state index contributed by atoms with van der Waals surface area (Å²) >= 11 is 1.36. The normalized spacial score (nSPS) is 12.0. The topological polar surface area (TPSA) is 49.0 Å². The van der Waals surface area contributed by atoms with Crippen LogP contribution in [0.2, 0.25) is 0 Å². The maximum Gasteiger partial charge on any atom is 0.240 e. The summed E-state index contributed by atoms with van der Waals surface area (Å²) in [6.07, 6.45) is 1.69. The molecular formula is C19H18FN3OS. The summed E-state index contributed by atoms with van der Waals surface area (Å²) in [6, 6.07) is 15.8. The van der Waals surface area contributed by atoms with Gasteiger partial charge in [0, 0.05) is 14.1 Å². The third kappa shape index (κ3) is 4.09. The van der Waals surface area contributed by atoms with Crippen molar-refractivity contribution in [3.8, 4) is 11.3 Å². The van der Waals surface area contributed by atoms with Crippen molar-refractivity contribution in [2.24, 2.45) is 0 Å². The minimum absolute atomic E-state index is 0.00377. The van der Waals surface area contributed by atoms with Crippen molar-refractivity contribution < 1.29 is 9.18 Å². The summed E-state index contributed by atoms with van der Waals surface area (Å²) in [7, 11) is 3.48. The quantitative estimate of drug-likeness (QED) is 0.700. The Morgan fingerprint density at radius 3 is 2.44 bits per heavy atom. The molecular weight excluding hydrogens is 337 g/mol. The number of aromatic nitrogens is 2. The Bertz CT molecular complexity index is 847. The number of amides is 1. The molecule has 0 fully saturated rings. The molecule has 25 heavy (non-hydrogen) atoms. The number of rotatable bonds is 5. The van der Waals surface area contributed by atoms with Gasteiger partial charge in [0.15, 0.2) is 5.16 Å². The van der Waals surface area contributed by atoms with Gasteiger partial charge in [0.05, 0.1) is 11.9 Å². The molecule has 6 heteroatoms. The third-order valence-electron chi connectivity index (χ3n) is 3.70. The van der Waals surface area contributed by atoms with E-state index in [1.54, 1.807) is 37.3 Å². The number of carbonyl (C=O) groups excluding carboxylic acids is 1. The number of hydrogen-bond acceptors (Lipinski definition) is 3. The fraction of sp³-hybridized carbons (Fsp3) is 0.158. The lowest BCUT2D eigenvalue weighted by Gasteiger charge is -2.19. The predicted molar refractivity (Wildman–Crippen MR) is 97.7 cm³/mol. The molecule has 0 spiro atoms. The molecule has 1 amide bonds. The second-order valence-electron chi connectivity index (χ2n) is 5.75. The van der Waals surface area contributed by atoms with Gasteiger partial charge in [-0.15, -0.1) is 0 Å². The highest BCUT2D eigenvalue weighted by Crippen LogP contribution is 2.35. The highest BCUT2D eigenvalue weighted by molar-refractivity contribution is 8.00. The van der Waals surface area contributed by atoms with Crippen molar-refractivity contribution in [2.75, 3.05) is 14.1 Å². The van der Waals surface area contributed by atoms with Gasteiger partial charge in [0.2, 0.25) is 5.91 Å². The van der Waals surface area contributed by atoms with Crippen LogP contribution in [0.25, 0.3) is 11.3 Å². The molecule has 0 aliphatic carbocycles. The molecule has 0 radical (unpaired) electrons. The fourth-order valence-electron chi connectivity index (χ4n) is 2.37. The first kappa shape index (κ1) is 17.2. The average Bonchev–Trinajstić information content (AvgIpc) is 3.09. The fourth-order valence-corrected chi connectivity index (χ4v) is 3.48. The van der Waals surface area contributed by atoms with E-state index in [2.05, 4.69) is 9.97 Å². The number of carbonyl (C=O) groups is 1. The lowest BCUT2D eigenvalue weighted by atomic mass is 10.1. The number of imidazole rings is 1. The van der Waals surface area contributed by atoms with E-state index in [-0.39, 0.29) is 17.0 Å². The van der Waals surface area contributed by atoms with Crippen LogP contribution in [0.15, 0.2) is 66.0 Å². The zero-order valence-electron chi connectivity index (χ0n) is 13.9. The van der Waals surface area contributed by atoms with Crippen molar-refractivity contribution in [2.45, 2.75) is 10.4 Å². The van der Waals surface area contributed by atoms with Crippen LogP contribution in [-0.2, 0) is 4.79 Å². The van der Waals surface area contributed by atoms with Crippen LogP contribution in [0.3, 0.4) is 0 Å². The van der Waals surface area contributed by atoms with Gasteiger partial charge in [-0.25, -0.2) is 9.37 Å². The van der Waals surface area contributed by atoms with Gasteiger partial charge in [-0.2, -0.15) is 0 Å². The minimum Gasteiger partial charge on any atom is -0.348 e. The van der Waals surface area contributed by atoms with Crippen LogP contribution < -0.4 is 0 Å². The summed E-state index contributed by atoms with van der Waals surface area (Å²) in [6.45, 7) is 0. The van der Waals surface area contributed by atoms with Crippen molar-refractivity contribution in [3.63, 3.8) is 0 Å². The first-order chi connectivity index (χ1) is 12.0. The van der Waals surface area contributed by atoms with Gasteiger partial charge in [-0.3, -0.25) is 4.79 Å². The molecule has 0 aliphatic heterocycles. The molecule has 0 bridgehead atoms. The molecule has 128 valence electrons. The largest absolute Gasteiger partial charge is 0.348 e. The number of benzene rings is 2. The number of H-pyrrole nitrogens is 1. The molecule has 2 aromatic carbocycles. The first-order valence-corrected chi connectivity index (χ1v) is 8.66. The highest BCUT2D eigenvalue weighted by atomic mass is 32.2. The van der Waals surface area contributed by atoms with Crippen molar-refractivity contribution >= 4 is 17.7 Å². The Labute approximate surface area is 150 Å². The second kappa shape index (κ2) is 7.53. The maximum atomic E-state index is 13.1. The maximum absolute atomic E-state index is 13.1. The van der Waals surface area contributed by atoms with E-state index in [1.165, 1.54) is 23.9 Å². The molecule has 1 unspecified atom stereocenters. The van der Waals surface area contributed by atoms with E-state index in [1.807, 2.05) is 30.3 Å². The van der Waals surface area contributed by atoms with Gasteiger partial charge >= 0.3 is 0 Å². The average molecular weight is 355 g/mol. The first-order valence-electron chi connectivity index (χ1n) is 7.78. The van der Waals surface area contributed by atoms with Crippen molar-refractivity contribution in [1.82, 2.24) is 14.9 Å². The van der Waals surface area contributed by atoms with Gasteiger partial charge in [-0.1, -0.05) is 42.1 Å². The Morgan fingerprint density at radius 2 is 1.80 bits per heavy atom. The number of likely N-dealkylation sites (N-methyl/N-ethyl adjacent to an activating group) is 1. The van der Waals surface area contributed by atoms with E-state index >= 15 is 0 Å². The number of aromatic amines is 1. The van der Waals surface area contributed by atoms with Gasteiger partial charge in [-0.05, 0) is 35.4 Å². The second-order valence-corrected chi connectivity index (χ2v) is 6.84. The summed E-state index contributed by atoms with van der Waals surface area (Å²) in [5.41, 5.74) is 2.55. The minimum atomic E-state index is -0.386. The van der Waals surface area contributed by atoms with Crippen molar-refractivity contribution in [3.05, 3.63) is 72.2 Å². The zero-order valence-corrected chi connectivity index (χ0v) is 14.8. The van der Waals surface area contributed by atoms with E-state index < -0.39 is 0 Å². The number of nitrogens with zero attached hydrogens (tertiary/aromatic N) is 2. The number of nitrogens with one attached hydrogen (secondary N) is 1. The molecule has 0 aliphatic rings. The van der Waals surface area contributed by atoms with Gasteiger partial charge in [0.25, 0.3) is 0 Å². The van der Waals surface area contributed by atoms with Crippen LogP contribution >= 0.6 is 11.8 Å². The molecule has 3 aromatic rings. The Morgan fingerprint density at radius 1 is 1.12 bits per heavy atom. The molecule has 3 rings (SSSR count). The van der Waals surface area contributed by atoms with Crippen LogP contribution in [-0.4, -0.2) is 34.9 Å². The molecule has 0 saturated heterocycles. The van der Waals surface area contributed by atoms with Crippen LogP contribution in [0.5, 0.6) is 0 Å². The molecule has 0 saturated carbocycles. The van der Waals surface area contributed by atoms with E-state index in [4.69, 9.17) is 0 Å². The molecule has 1 atom stereocenters. The summed E-state index contributed by atoms with van der Waals surface area (Å²) in [5, 5.41) is 0.256. The number of hydrogen-bond donors (Lipinski definition) is 1. The monoisotopic (exact) mass is 355 g/mol. The Hall–Kier alpha value is -2.60. The lowest BCUT2D eigenvalue weighted by molar-refractivity contribution is -0.128. The standard InChI is InChI=1S/C19H18FN3OS/c1-23(2)18(24)17(14-6-4-3-5-7-14)25-19-21-12-16(22-19)13-8-10-15(20)11-9-13/h3-12,17H,1-2H3,(H,21,22). The smallest absolute Gasteiger partial charge is 0.240 e. The van der Waals surface area contributed by atoms with Crippen LogP contribution in [0, 0.1) is 5.82 Å². The van der Waals surface area contributed by atoms with E-state index in [0.717, 1.165) is 16.8 Å². The molecule has 4 nitrogen and oxygen atoms in total. The molecule has 1 heterocycles. The Kier molecular flexibility index (Phi) is 5.19. The SMILES string of the molecule is CN(C)C(=O)C(Sc1ncc(-c2ccc(F)cc2)[nH]1)c1ccccc1. The van der Waals surface area contributed by atoms with E-state index in [0.29, 0.717) is 5.16 Å². The van der Waals surface area contributed by atoms with E-state index in [9.17, 15) is 9.18 Å². The number of halogens is 1. The zero-order chi connectivity index (χ0) is 17.8. The van der Waals surface area contributed by atoms with Crippen molar-refractivity contribution in [1.29, 1.82) is 0 Å². The third-order valence-corrected chi connectivity index (χ3v) is 4.84. The van der Waals surface area contributed by atoms with Gasteiger partial charge in [0.1, 0.15) is 11.1 Å². The van der Waals surface area contributed by atoms with Gasteiger partial charge < -0.3 is 9.88 Å². The molecule has 1 aromatic heterocycles. The summed E-state index contributed by atoms with van der Waals surface area (Å²) < 4.78 is 13.1. The summed E-state index contributed by atoms with van der Waals surface area (Å²) in [5.74, 6) is -0.283. The predicted octanol–water partition coefficient (Wildman–Crippen LogP) is 4.14. The highest BCUT2D eigenvalue weighted by Gasteiger charge is 2.24. The van der Waals surface area contributed by atoms with Crippen LogP contribution in [0.1, 0.15) is 10.8 Å². The van der Waals surface area contributed by atoms with Crippen LogP contribution in [0.4, 0.5) is 4.39 Å². The summed E-state index contributed by atoms with van der Waals surface area (Å²) in [4.78, 5) is 21.7. The lowest BCUT2D eigenvalue weighted by Crippen LogP contribution is -2.26.